The third-order valence-corrected chi connectivity index (χ3v) is 6.75. The topological polar surface area (TPSA) is 9.23 Å². The van der Waals surface area contributed by atoms with Crippen molar-refractivity contribution >= 4 is 5.57 Å². The van der Waals surface area contributed by atoms with Gasteiger partial charge in [0.25, 0.3) is 0 Å². The number of allylic oxidation sites excluding steroid dienone is 2. The van der Waals surface area contributed by atoms with E-state index in [0.29, 0.717) is 12.3 Å². The molecule has 0 unspecified atom stereocenters. The van der Waals surface area contributed by atoms with Gasteiger partial charge >= 0.3 is 0 Å². The largest absolute Gasteiger partial charge is 0.497 e. The quantitative estimate of drug-likeness (QED) is 0.457. The smallest absolute Gasteiger partial charge is 0.118 e. The van der Waals surface area contributed by atoms with Crippen molar-refractivity contribution in [3.63, 3.8) is 0 Å². The van der Waals surface area contributed by atoms with E-state index in [2.05, 4.69) is 6.92 Å². The molecule has 0 spiro atoms. The van der Waals surface area contributed by atoms with E-state index in [-0.39, 0.29) is 5.83 Å². The molecule has 0 N–H and O–H groups in total. The molecule has 0 aliphatic heterocycles. The summed E-state index contributed by atoms with van der Waals surface area (Å²) in [4.78, 5) is 0. The van der Waals surface area contributed by atoms with Crippen LogP contribution in [0.3, 0.4) is 0 Å². The van der Waals surface area contributed by atoms with Gasteiger partial charge in [-0.05, 0) is 66.7 Å². The number of ether oxygens (including phenoxy) is 1. The van der Waals surface area contributed by atoms with Gasteiger partial charge < -0.3 is 4.74 Å². The van der Waals surface area contributed by atoms with Crippen molar-refractivity contribution in [2.24, 2.45) is 17.8 Å². The Labute approximate surface area is 159 Å². The highest BCUT2D eigenvalue weighted by Gasteiger charge is 2.31. The van der Waals surface area contributed by atoms with Gasteiger partial charge in [0, 0.05) is 6.42 Å². The second-order valence-corrected chi connectivity index (χ2v) is 8.39. The van der Waals surface area contributed by atoms with E-state index < -0.39 is 0 Å². The third-order valence-electron chi connectivity index (χ3n) is 6.75. The molecule has 1 aromatic carbocycles. The van der Waals surface area contributed by atoms with Crippen LogP contribution in [0.25, 0.3) is 5.57 Å². The second-order valence-electron chi connectivity index (χ2n) is 8.39. The van der Waals surface area contributed by atoms with Crippen molar-refractivity contribution in [1.29, 1.82) is 0 Å². The zero-order valence-corrected chi connectivity index (χ0v) is 16.6. The fraction of sp³-hybridized carbons (Fsp3) is 0.667. The zero-order chi connectivity index (χ0) is 18.4. The summed E-state index contributed by atoms with van der Waals surface area (Å²) < 4.78 is 20.1. The van der Waals surface area contributed by atoms with E-state index in [1.54, 1.807) is 7.11 Å². The first-order chi connectivity index (χ1) is 12.7. The summed E-state index contributed by atoms with van der Waals surface area (Å²) in [5, 5.41) is 0. The van der Waals surface area contributed by atoms with Crippen molar-refractivity contribution in [2.75, 3.05) is 7.11 Å². The molecule has 26 heavy (non-hydrogen) atoms. The first-order valence-electron chi connectivity index (χ1n) is 10.7. The van der Waals surface area contributed by atoms with E-state index >= 15 is 0 Å². The van der Waals surface area contributed by atoms with Crippen LogP contribution in [-0.2, 0) is 0 Å². The minimum atomic E-state index is 0.136. The van der Waals surface area contributed by atoms with Gasteiger partial charge in [-0.1, -0.05) is 57.6 Å². The highest BCUT2D eigenvalue weighted by atomic mass is 19.1. The molecule has 144 valence electrons. The number of unbranched alkanes of at least 4 members (excludes halogenated alkanes) is 2. The van der Waals surface area contributed by atoms with Gasteiger partial charge in [-0.2, -0.15) is 0 Å². The summed E-state index contributed by atoms with van der Waals surface area (Å²) in [6.45, 7) is 2.28. The molecule has 3 rings (SSSR count). The predicted molar refractivity (Wildman–Crippen MR) is 108 cm³/mol. The normalized spacial score (nSPS) is 26.8. The molecule has 0 saturated heterocycles. The first kappa shape index (κ1) is 19.5. The number of methoxy groups -OCH3 is 1. The molecule has 1 nitrogen and oxygen atoms in total. The number of rotatable bonds is 7. The maximum absolute atomic E-state index is 14.9. The van der Waals surface area contributed by atoms with Gasteiger partial charge in [0.05, 0.1) is 7.11 Å². The Morgan fingerprint density at radius 3 is 2.31 bits per heavy atom. The third kappa shape index (κ3) is 4.90. The van der Waals surface area contributed by atoms with Crippen LogP contribution in [-0.4, -0.2) is 7.11 Å². The maximum Gasteiger partial charge on any atom is 0.118 e. The summed E-state index contributed by atoms with van der Waals surface area (Å²) in [6, 6.07) is 7.86. The van der Waals surface area contributed by atoms with Gasteiger partial charge in [0.1, 0.15) is 11.6 Å². The standard InChI is InChI=1S/C24H35FO/c1-3-4-5-6-18-7-9-19(10-8-18)21-13-16-23(24(25)17-21)20-11-14-22(26-2)15-12-20/h11-12,14-15,18-19,21H,3-10,13,16-17H2,1-2H3/t18?,19?,21-/m1/s1. The van der Waals surface area contributed by atoms with Crippen molar-refractivity contribution in [3.05, 3.63) is 35.7 Å². The zero-order valence-electron chi connectivity index (χ0n) is 16.6. The number of benzene rings is 1. The van der Waals surface area contributed by atoms with E-state index in [4.69, 9.17) is 4.74 Å². The average Bonchev–Trinajstić information content (AvgIpc) is 2.69. The molecule has 0 radical (unpaired) electrons. The Morgan fingerprint density at radius 1 is 0.962 bits per heavy atom. The Morgan fingerprint density at radius 2 is 1.69 bits per heavy atom. The Hall–Kier alpha value is -1.31. The molecule has 0 bridgehead atoms. The number of halogens is 1. The predicted octanol–water partition coefficient (Wildman–Crippen LogP) is 7.56. The summed E-state index contributed by atoms with van der Waals surface area (Å²) in [6.07, 6.45) is 13.6. The maximum atomic E-state index is 14.9. The minimum absolute atomic E-state index is 0.136. The van der Waals surface area contributed by atoms with Gasteiger partial charge in [-0.3, -0.25) is 0 Å². The van der Waals surface area contributed by atoms with Crippen molar-refractivity contribution < 1.29 is 9.13 Å². The van der Waals surface area contributed by atoms with Crippen LogP contribution in [0.15, 0.2) is 30.1 Å². The fourth-order valence-corrected chi connectivity index (χ4v) is 5.05. The molecule has 0 heterocycles. The summed E-state index contributed by atoms with van der Waals surface area (Å²) in [5.74, 6) is 3.22. The summed E-state index contributed by atoms with van der Waals surface area (Å²) >= 11 is 0. The Kier molecular flexibility index (Phi) is 7.16. The van der Waals surface area contributed by atoms with Gasteiger partial charge in [0.15, 0.2) is 0 Å². The van der Waals surface area contributed by atoms with Crippen LogP contribution in [0.5, 0.6) is 5.75 Å². The van der Waals surface area contributed by atoms with Crippen LogP contribution in [0.1, 0.15) is 83.1 Å². The number of hydrogen-bond acceptors (Lipinski definition) is 1. The summed E-state index contributed by atoms with van der Waals surface area (Å²) in [7, 11) is 1.67. The SMILES string of the molecule is CCCCCC1CCC([C@@H]2CCC(c3ccc(OC)cc3)=C(F)C2)CC1. The fourth-order valence-electron chi connectivity index (χ4n) is 5.05. The minimum Gasteiger partial charge on any atom is -0.497 e. The number of hydrogen-bond donors (Lipinski definition) is 0. The van der Waals surface area contributed by atoms with Crippen LogP contribution < -0.4 is 4.74 Å². The van der Waals surface area contributed by atoms with Crippen molar-refractivity contribution in [2.45, 2.75) is 77.6 Å². The van der Waals surface area contributed by atoms with E-state index in [9.17, 15) is 4.39 Å². The lowest BCUT2D eigenvalue weighted by Crippen LogP contribution is -2.24. The molecule has 2 aliphatic carbocycles. The highest BCUT2D eigenvalue weighted by Crippen LogP contribution is 2.44. The molecular weight excluding hydrogens is 323 g/mol. The van der Waals surface area contributed by atoms with Crippen LogP contribution in [0, 0.1) is 17.8 Å². The molecule has 2 aliphatic rings. The summed E-state index contributed by atoms with van der Waals surface area (Å²) in [5.41, 5.74) is 1.96. The molecule has 1 fully saturated rings. The molecule has 0 aromatic heterocycles. The van der Waals surface area contributed by atoms with Crippen molar-refractivity contribution in [3.8, 4) is 5.75 Å². The van der Waals surface area contributed by atoms with Crippen LogP contribution in [0.4, 0.5) is 4.39 Å². The van der Waals surface area contributed by atoms with Gasteiger partial charge in [-0.25, -0.2) is 4.39 Å². The van der Waals surface area contributed by atoms with Gasteiger partial charge in [0.2, 0.25) is 0 Å². The lowest BCUT2D eigenvalue weighted by Gasteiger charge is -2.36. The first-order valence-corrected chi connectivity index (χ1v) is 10.7. The van der Waals surface area contributed by atoms with E-state index in [1.165, 1.54) is 51.4 Å². The highest BCUT2D eigenvalue weighted by molar-refractivity contribution is 5.68. The lowest BCUT2D eigenvalue weighted by atomic mass is 9.70. The van der Waals surface area contributed by atoms with E-state index in [1.807, 2.05) is 24.3 Å². The van der Waals surface area contributed by atoms with Crippen LogP contribution in [0.2, 0.25) is 0 Å². The molecule has 1 saturated carbocycles. The average molecular weight is 359 g/mol. The second kappa shape index (κ2) is 9.58. The monoisotopic (exact) mass is 358 g/mol. The Bertz CT molecular complexity index is 581. The molecular formula is C24H35FO. The molecule has 2 heteroatoms. The Balaban J connectivity index is 1.53. The molecule has 1 aromatic rings. The van der Waals surface area contributed by atoms with Crippen LogP contribution >= 0.6 is 0 Å². The van der Waals surface area contributed by atoms with Gasteiger partial charge in [-0.15, -0.1) is 0 Å². The molecule has 1 atom stereocenters. The van der Waals surface area contributed by atoms with E-state index in [0.717, 1.165) is 41.6 Å². The lowest BCUT2D eigenvalue weighted by molar-refractivity contribution is 0.179. The molecule has 0 amide bonds. The van der Waals surface area contributed by atoms with Crippen molar-refractivity contribution in [1.82, 2.24) is 0 Å².